The van der Waals surface area contributed by atoms with Gasteiger partial charge < -0.3 is 9.80 Å². The third-order valence-electron chi connectivity index (χ3n) is 4.97. The molecule has 0 aliphatic carbocycles. The molecule has 0 spiro atoms. The van der Waals surface area contributed by atoms with Gasteiger partial charge in [0.15, 0.2) is 0 Å². The monoisotopic (exact) mass is 364 g/mol. The average molecular weight is 364 g/mol. The largest absolute Gasteiger partial charge is 0.372 e. The Balaban J connectivity index is 1.54. The quantitative estimate of drug-likeness (QED) is 0.605. The minimum atomic E-state index is -0.0947. The molecular formula is C22H28N4O. The molecule has 2 aromatic carbocycles. The smallest absolute Gasteiger partial charge is 0.259 e. The number of fused-ring (bicyclic) bond motifs is 1. The molecule has 1 N–H and O–H groups in total. The molecule has 0 radical (unpaired) electrons. The fourth-order valence-corrected chi connectivity index (χ4v) is 3.52. The summed E-state index contributed by atoms with van der Waals surface area (Å²) in [4.78, 5) is 16.7. The zero-order chi connectivity index (χ0) is 19.1. The van der Waals surface area contributed by atoms with Gasteiger partial charge in [0.25, 0.3) is 5.91 Å². The Hall–Kier alpha value is -2.82. The van der Waals surface area contributed by atoms with Gasteiger partial charge in [-0.15, -0.1) is 0 Å². The average Bonchev–Trinajstić information content (AvgIpc) is 2.70. The number of benzene rings is 2. The first-order chi connectivity index (χ1) is 13.2. The summed E-state index contributed by atoms with van der Waals surface area (Å²) >= 11 is 0. The van der Waals surface area contributed by atoms with Gasteiger partial charge in [0.2, 0.25) is 0 Å². The Morgan fingerprint density at radius 3 is 2.63 bits per heavy atom. The van der Waals surface area contributed by atoms with Crippen LogP contribution in [0.1, 0.15) is 31.4 Å². The maximum Gasteiger partial charge on any atom is 0.259 e. The summed E-state index contributed by atoms with van der Waals surface area (Å²) in [5, 5.41) is 4.11. The number of para-hydroxylation sites is 1. The van der Waals surface area contributed by atoms with E-state index in [1.807, 2.05) is 18.2 Å². The maximum absolute atomic E-state index is 12.3. The lowest BCUT2D eigenvalue weighted by Gasteiger charge is -2.30. The van der Waals surface area contributed by atoms with Crippen molar-refractivity contribution in [3.63, 3.8) is 0 Å². The second kappa shape index (κ2) is 9.21. The minimum absolute atomic E-state index is 0.0947. The standard InChI is InChI=1S/C22H28N4O/c1-3-25(4-2)20-13-11-18(12-14-20)16-23-24-22(27)17-26-15-7-9-19-8-5-6-10-21(19)26/h5-6,8,10-14,16H,3-4,7,9,15,17H2,1-2H3,(H,24,27)/b23-16-. The maximum atomic E-state index is 12.3. The van der Waals surface area contributed by atoms with Crippen molar-refractivity contribution in [2.45, 2.75) is 26.7 Å². The molecule has 5 nitrogen and oxygen atoms in total. The molecule has 0 saturated carbocycles. The number of rotatable bonds is 7. The summed E-state index contributed by atoms with van der Waals surface area (Å²) in [5.41, 5.74) is 7.29. The molecule has 0 saturated heterocycles. The van der Waals surface area contributed by atoms with Gasteiger partial charge in [-0.2, -0.15) is 5.10 Å². The van der Waals surface area contributed by atoms with Gasteiger partial charge in [0, 0.05) is 31.0 Å². The van der Waals surface area contributed by atoms with E-state index in [2.05, 4.69) is 64.5 Å². The van der Waals surface area contributed by atoms with Crippen LogP contribution in [0.25, 0.3) is 0 Å². The number of amides is 1. The fourth-order valence-electron chi connectivity index (χ4n) is 3.52. The van der Waals surface area contributed by atoms with E-state index in [-0.39, 0.29) is 5.91 Å². The number of hydrogen-bond donors (Lipinski definition) is 1. The van der Waals surface area contributed by atoms with Crippen LogP contribution >= 0.6 is 0 Å². The predicted molar refractivity (Wildman–Crippen MR) is 113 cm³/mol. The highest BCUT2D eigenvalue weighted by Gasteiger charge is 2.18. The summed E-state index contributed by atoms with van der Waals surface area (Å²) in [6, 6.07) is 16.5. The van der Waals surface area contributed by atoms with Crippen molar-refractivity contribution in [1.29, 1.82) is 0 Å². The number of aryl methyl sites for hydroxylation is 1. The summed E-state index contributed by atoms with van der Waals surface area (Å²) in [6.07, 6.45) is 3.84. The molecule has 0 unspecified atom stereocenters. The molecule has 142 valence electrons. The van der Waals surface area contributed by atoms with Gasteiger partial charge in [-0.3, -0.25) is 4.79 Å². The molecule has 0 atom stereocenters. The van der Waals surface area contributed by atoms with E-state index < -0.39 is 0 Å². The van der Waals surface area contributed by atoms with Crippen LogP contribution in [0.4, 0.5) is 11.4 Å². The van der Waals surface area contributed by atoms with Crippen LogP contribution in [-0.2, 0) is 11.2 Å². The Morgan fingerprint density at radius 2 is 1.89 bits per heavy atom. The Bertz CT molecular complexity index is 781. The van der Waals surface area contributed by atoms with Crippen molar-refractivity contribution in [3.8, 4) is 0 Å². The van der Waals surface area contributed by atoms with Crippen LogP contribution in [0.2, 0.25) is 0 Å². The number of hydrogen-bond acceptors (Lipinski definition) is 4. The topological polar surface area (TPSA) is 47.9 Å². The molecule has 2 aromatic rings. The molecule has 5 heteroatoms. The van der Waals surface area contributed by atoms with Crippen molar-refractivity contribution in [2.24, 2.45) is 5.10 Å². The van der Waals surface area contributed by atoms with Crippen molar-refractivity contribution in [1.82, 2.24) is 5.43 Å². The molecule has 0 bridgehead atoms. The highest BCUT2D eigenvalue weighted by Crippen LogP contribution is 2.26. The lowest BCUT2D eigenvalue weighted by atomic mass is 10.0. The van der Waals surface area contributed by atoms with Gasteiger partial charge in [-0.05, 0) is 56.0 Å². The zero-order valence-electron chi connectivity index (χ0n) is 16.2. The van der Waals surface area contributed by atoms with Crippen molar-refractivity contribution < 1.29 is 4.79 Å². The molecule has 1 amide bonds. The van der Waals surface area contributed by atoms with Crippen molar-refractivity contribution in [2.75, 3.05) is 36.0 Å². The first-order valence-corrected chi connectivity index (χ1v) is 9.71. The van der Waals surface area contributed by atoms with E-state index in [1.165, 1.54) is 11.3 Å². The number of nitrogens with zero attached hydrogens (tertiary/aromatic N) is 3. The van der Waals surface area contributed by atoms with Gasteiger partial charge in [0.1, 0.15) is 0 Å². The lowest BCUT2D eigenvalue weighted by Crippen LogP contribution is -2.38. The number of nitrogens with one attached hydrogen (secondary N) is 1. The van der Waals surface area contributed by atoms with Crippen molar-refractivity contribution >= 4 is 23.5 Å². The molecule has 0 fully saturated rings. The normalized spacial score (nSPS) is 13.5. The predicted octanol–water partition coefficient (Wildman–Crippen LogP) is 3.44. The number of carbonyl (C=O) groups excluding carboxylic acids is 1. The SMILES string of the molecule is CCN(CC)c1ccc(/C=N\NC(=O)CN2CCCc3ccccc32)cc1. The zero-order valence-corrected chi connectivity index (χ0v) is 16.2. The van der Waals surface area contributed by atoms with E-state index >= 15 is 0 Å². The van der Waals surface area contributed by atoms with Crippen LogP contribution in [0.15, 0.2) is 53.6 Å². The van der Waals surface area contributed by atoms with E-state index in [0.29, 0.717) is 6.54 Å². The number of anilines is 2. The Morgan fingerprint density at radius 1 is 1.15 bits per heavy atom. The van der Waals surface area contributed by atoms with Gasteiger partial charge in [0.05, 0.1) is 12.8 Å². The second-order valence-electron chi connectivity index (χ2n) is 6.71. The van der Waals surface area contributed by atoms with E-state index in [0.717, 1.165) is 43.7 Å². The molecular weight excluding hydrogens is 336 g/mol. The van der Waals surface area contributed by atoms with Crippen LogP contribution in [0, 0.1) is 0 Å². The third kappa shape index (κ3) is 4.88. The van der Waals surface area contributed by atoms with Crippen molar-refractivity contribution in [3.05, 3.63) is 59.7 Å². The molecule has 1 aliphatic rings. The summed E-state index contributed by atoms with van der Waals surface area (Å²) in [6.45, 7) is 7.50. The van der Waals surface area contributed by atoms with Crippen LogP contribution in [0.5, 0.6) is 0 Å². The lowest BCUT2D eigenvalue weighted by molar-refractivity contribution is -0.119. The van der Waals surface area contributed by atoms with E-state index in [1.54, 1.807) is 6.21 Å². The van der Waals surface area contributed by atoms with Gasteiger partial charge in [-0.25, -0.2) is 5.43 Å². The first-order valence-electron chi connectivity index (χ1n) is 9.71. The molecule has 1 aliphatic heterocycles. The number of carbonyl (C=O) groups is 1. The van der Waals surface area contributed by atoms with Gasteiger partial charge >= 0.3 is 0 Å². The Kier molecular flexibility index (Phi) is 6.47. The number of hydrazone groups is 1. The van der Waals surface area contributed by atoms with E-state index in [9.17, 15) is 4.79 Å². The molecule has 27 heavy (non-hydrogen) atoms. The minimum Gasteiger partial charge on any atom is -0.372 e. The summed E-state index contributed by atoms with van der Waals surface area (Å²) in [5.74, 6) is -0.0947. The van der Waals surface area contributed by atoms with Crippen LogP contribution in [-0.4, -0.2) is 38.3 Å². The first kappa shape index (κ1) is 19.0. The second-order valence-corrected chi connectivity index (χ2v) is 6.71. The van der Waals surface area contributed by atoms with E-state index in [4.69, 9.17) is 0 Å². The summed E-state index contributed by atoms with van der Waals surface area (Å²) < 4.78 is 0. The van der Waals surface area contributed by atoms with Crippen LogP contribution < -0.4 is 15.2 Å². The van der Waals surface area contributed by atoms with Gasteiger partial charge in [-0.1, -0.05) is 30.3 Å². The molecule has 0 aromatic heterocycles. The summed E-state index contributed by atoms with van der Waals surface area (Å²) in [7, 11) is 0. The fraction of sp³-hybridized carbons (Fsp3) is 0.364. The molecule has 3 rings (SSSR count). The molecule has 1 heterocycles. The highest BCUT2D eigenvalue weighted by molar-refractivity contribution is 5.85. The van der Waals surface area contributed by atoms with Crippen LogP contribution in [0.3, 0.4) is 0 Å². The Labute approximate surface area is 161 Å². The highest BCUT2D eigenvalue weighted by atomic mass is 16.2. The third-order valence-corrected chi connectivity index (χ3v) is 4.97.